The highest BCUT2D eigenvalue weighted by atomic mass is 16.7. The molecule has 0 radical (unpaired) electrons. The topological polar surface area (TPSA) is 104 Å². The number of nitro groups is 1. The van der Waals surface area contributed by atoms with Crippen molar-refractivity contribution in [1.82, 2.24) is 14.8 Å². The van der Waals surface area contributed by atoms with Gasteiger partial charge in [0.1, 0.15) is 5.82 Å². The number of anilines is 2. The van der Waals surface area contributed by atoms with Gasteiger partial charge in [-0.15, -0.1) is 0 Å². The molecule has 0 unspecified atom stereocenters. The average molecular weight is 425 g/mol. The van der Waals surface area contributed by atoms with Crippen LogP contribution in [0.3, 0.4) is 0 Å². The first kappa shape index (κ1) is 22.4. The van der Waals surface area contributed by atoms with Crippen LogP contribution in [-0.2, 0) is 16.0 Å². The molecule has 9 nitrogen and oxygen atoms in total. The Bertz CT molecular complexity index is 1030. The zero-order chi connectivity index (χ0) is 22.4. The summed E-state index contributed by atoms with van der Waals surface area (Å²) in [6.45, 7) is 8.96. The Kier molecular flexibility index (Phi) is 7.32. The monoisotopic (exact) mass is 425 g/mol. The van der Waals surface area contributed by atoms with Crippen molar-refractivity contribution in [1.29, 1.82) is 0 Å². The summed E-state index contributed by atoms with van der Waals surface area (Å²) in [5, 5.41) is 19.4. The fraction of sp³-hybridized carbons (Fsp3) is 0.364. The zero-order valence-corrected chi connectivity index (χ0v) is 18.2. The van der Waals surface area contributed by atoms with E-state index in [1.54, 1.807) is 23.1 Å². The van der Waals surface area contributed by atoms with Gasteiger partial charge in [-0.2, -0.15) is 5.10 Å². The summed E-state index contributed by atoms with van der Waals surface area (Å²) in [5.74, 6) is 0.672. The van der Waals surface area contributed by atoms with E-state index in [0.717, 1.165) is 22.4 Å². The van der Waals surface area contributed by atoms with Gasteiger partial charge >= 0.3 is 0 Å². The SMILES string of the molecule is CCOC(Cn1nc(-c2cccnc2)cc1Nc1cc([N+](=O)[O-])cc(C)c1C)OCC. The number of ether oxygens (including phenoxy) is 2. The molecule has 1 N–H and O–H groups in total. The van der Waals surface area contributed by atoms with Gasteiger partial charge in [-0.1, -0.05) is 0 Å². The number of pyridine rings is 1. The van der Waals surface area contributed by atoms with Crippen molar-refractivity contribution in [3.63, 3.8) is 0 Å². The average Bonchev–Trinajstić information content (AvgIpc) is 3.14. The van der Waals surface area contributed by atoms with E-state index in [1.807, 2.05) is 45.9 Å². The molecular formula is C22H27N5O4. The van der Waals surface area contributed by atoms with E-state index in [4.69, 9.17) is 14.6 Å². The normalized spacial score (nSPS) is 11.1. The molecule has 31 heavy (non-hydrogen) atoms. The predicted octanol–water partition coefficient (Wildman–Crippen LogP) is 4.61. The summed E-state index contributed by atoms with van der Waals surface area (Å²) < 4.78 is 13.1. The van der Waals surface area contributed by atoms with Crippen molar-refractivity contribution < 1.29 is 14.4 Å². The maximum absolute atomic E-state index is 11.3. The largest absolute Gasteiger partial charge is 0.351 e. The zero-order valence-electron chi connectivity index (χ0n) is 18.2. The predicted molar refractivity (Wildman–Crippen MR) is 118 cm³/mol. The molecule has 164 valence electrons. The lowest BCUT2D eigenvalue weighted by Crippen LogP contribution is -2.25. The molecule has 2 heterocycles. The van der Waals surface area contributed by atoms with Crippen molar-refractivity contribution in [2.24, 2.45) is 0 Å². The first-order valence-corrected chi connectivity index (χ1v) is 10.2. The molecule has 0 fully saturated rings. The molecular weight excluding hydrogens is 398 g/mol. The van der Waals surface area contributed by atoms with Crippen LogP contribution in [0.15, 0.2) is 42.7 Å². The van der Waals surface area contributed by atoms with E-state index in [9.17, 15) is 10.1 Å². The lowest BCUT2D eigenvalue weighted by Gasteiger charge is -2.19. The quantitative estimate of drug-likeness (QED) is 0.287. The summed E-state index contributed by atoms with van der Waals surface area (Å²) in [4.78, 5) is 15.1. The van der Waals surface area contributed by atoms with Crippen molar-refractivity contribution >= 4 is 17.2 Å². The van der Waals surface area contributed by atoms with Gasteiger partial charge in [-0.3, -0.25) is 15.1 Å². The first-order chi connectivity index (χ1) is 14.9. The molecule has 3 rings (SSSR count). The van der Waals surface area contributed by atoms with Crippen LogP contribution >= 0.6 is 0 Å². The Morgan fingerprint density at radius 3 is 2.55 bits per heavy atom. The standard InChI is InChI=1S/C22H27N5O4/c1-5-30-22(31-6-2)14-26-21(12-20(25-26)17-8-7-9-23-13-17)24-19-11-18(27(28)29)10-15(3)16(19)4/h7-13,22,24H,5-6,14H2,1-4H3. The van der Waals surface area contributed by atoms with Gasteiger partial charge in [-0.25, -0.2) is 4.68 Å². The van der Waals surface area contributed by atoms with Gasteiger partial charge in [0.15, 0.2) is 6.29 Å². The van der Waals surface area contributed by atoms with E-state index in [2.05, 4.69) is 10.3 Å². The van der Waals surface area contributed by atoms with E-state index >= 15 is 0 Å². The second kappa shape index (κ2) is 10.1. The summed E-state index contributed by atoms with van der Waals surface area (Å²) >= 11 is 0. The van der Waals surface area contributed by atoms with Crippen LogP contribution in [0.25, 0.3) is 11.3 Å². The van der Waals surface area contributed by atoms with Crippen molar-refractivity contribution in [3.8, 4) is 11.3 Å². The molecule has 2 aromatic heterocycles. The summed E-state index contributed by atoms with van der Waals surface area (Å²) in [6, 6.07) is 8.76. The van der Waals surface area contributed by atoms with E-state index < -0.39 is 11.2 Å². The van der Waals surface area contributed by atoms with Crippen LogP contribution in [0.5, 0.6) is 0 Å². The highest BCUT2D eigenvalue weighted by molar-refractivity contribution is 5.69. The number of non-ortho nitro benzene ring substituents is 1. The molecule has 0 amide bonds. The van der Waals surface area contributed by atoms with E-state index in [1.165, 1.54) is 6.07 Å². The Hall–Kier alpha value is -3.30. The molecule has 3 aromatic rings. The minimum absolute atomic E-state index is 0.0330. The molecule has 0 aliphatic rings. The number of aromatic nitrogens is 3. The Balaban J connectivity index is 2.02. The molecule has 0 atom stereocenters. The third kappa shape index (κ3) is 5.44. The van der Waals surface area contributed by atoms with Gasteiger partial charge in [0.2, 0.25) is 0 Å². The van der Waals surface area contributed by atoms with Gasteiger partial charge in [0.05, 0.1) is 17.2 Å². The second-order valence-corrected chi connectivity index (χ2v) is 7.00. The van der Waals surface area contributed by atoms with E-state index in [0.29, 0.717) is 31.3 Å². The molecule has 9 heteroatoms. The molecule has 0 aliphatic carbocycles. The van der Waals surface area contributed by atoms with Gasteiger partial charge in [-0.05, 0) is 51.0 Å². The second-order valence-electron chi connectivity index (χ2n) is 7.00. The number of hydrogen-bond donors (Lipinski definition) is 1. The number of benzene rings is 1. The summed E-state index contributed by atoms with van der Waals surface area (Å²) in [7, 11) is 0. The Morgan fingerprint density at radius 1 is 1.19 bits per heavy atom. The van der Waals surface area contributed by atoms with Crippen LogP contribution < -0.4 is 5.32 Å². The molecule has 0 saturated carbocycles. The number of nitro benzene ring substituents is 1. The molecule has 0 saturated heterocycles. The van der Waals surface area contributed by atoms with Crippen LogP contribution in [0.1, 0.15) is 25.0 Å². The third-order valence-electron chi connectivity index (χ3n) is 4.89. The summed E-state index contributed by atoms with van der Waals surface area (Å²) in [5.41, 5.74) is 4.02. The molecule has 1 aromatic carbocycles. The number of hydrogen-bond acceptors (Lipinski definition) is 7. The lowest BCUT2D eigenvalue weighted by atomic mass is 10.1. The van der Waals surface area contributed by atoms with Crippen LogP contribution in [0.4, 0.5) is 17.2 Å². The van der Waals surface area contributed by atoms with Gasteiger partial charge < -0.3 is 14.8 Å². The lowest BCUT2D eigenvalue weighted by molar-refractivity contribution is -0.384. The molecule has 0 spiro atoms. The minimum atomic E-state index is -0.467. The van der Waals surface area contributed by atoms with Crippen molar-refractivity contribution in [3.05, 3.63) is 64.0 Å². The highest BCUT2D eigenvalue weighted by Gasteiger charge is 2.18. The first-order valence-electron chi connectivity index (χ1n) is 10.2. The maximum Gasteiger partial charge on any atom is 0.271 e. The van der Waals surface area contributed by atoms with E-state index in [-0.39, 0.29) is 5.69 Å². The maximum atomic E-state index is 11.3. The van der Waals surface area contributed by atoms with Gasteiger partial charge in [0, 0.05) is 55.1 Å². The Labute approximate surface area is 181 Å². The summed E-state index contributed by atoms with van der Waals surface area (Å²) in [6.07, 6.45) is 2.97. The highest BCUT2D eigenvalue weighted by Crippen LogP contribution is 2.30. The molecule has 0 bridgehead atoms. The van der Waals surface area contributed by atoms with Crippen LogP contribution in [-0.4, -0.2) is 39.2 Å². The molecule has 0 aliphatic heterocycles. The minimum Gasteiger partial charge on any atom is -0.351 e. The van der Waals surface area contributed by atoms with Crippen LogP contribution in [0.2, 0.25) is 0 Å². The number of rotatable bonds is 10. The fourth-order valence-corrected chi connectivity index (χ4v) is 3.19. The fourth-order valence-electron chi connectivity index (χ4n) is 3.19. The number of nitrogens with zero attached hydrogens (tertiary/aromatic N) is 4. The number of aryl methyl sites for hydroxylation is 1. The van der Waals surface area contributed by atoms with Crippen LogP contribution in [0, 0.1) is 24.0 Å². The smallest absolute Gasteiger partial charge is 0.271 e. The van der Waals surface area contributed by atoms with Crippen molar-refractivity contribution in [2.45, 2.75) is 40.5 Å². The Morgan fingerprint density at radius 2 is 1.94 bits per heavy atom. The van der Waals surface area contributed by atoms with Gasteiger partial charge in [0.25, 0.3) is 5.69 Å². The third-order valence-corrected chi connectivity index (χ3v) is 4.89. The van der Waals surface area contributed by atoms with Crippen molar-refractivity contribution in [2.75, 3.05) is 18.5 Å². The number of nitrogens with one attached hydrogen (secondary N) is 1.